The topological polar surface area (TPSA) is 41.5 Å². The van der Waals surface area contributed by atoms with E-state index in [4.69, 9.17) is 11.2 Å². The number of para-hydroxylation sites is 1. The summed E-state index contributed by atoms with van der Waals surface area (Å²) in [6.45, 7) is 3.77. The Balaban J connectivity index is 2.59. The van der Waals surface area contributed by atoms with Crippen LogP contribution in [0.1, 0.15) is 18.9 Å². The number of hydrogen-bond donors (Lipinski definition) is 2. The van der Waals surface area contributed by atoms with Crippen molar-refractivity contribution in [1.82, 2.24) is 5.32 Å². The first kappa shape index (κ1) is 12.4. The fourth-order valence-corrected chi connectivity index (χ4v) is 1.37. The molecule has 0 bridgehead atoms. The van der Waals surface area contributed by atoms with Crippen LogP contribution >= 0.6 is 0 Å². The first-order valence-corrected chi connectivity index (χ1v) is 5.37. The monoisotopic (exact) mass is 219 g/mol. The standard InChI is InChI=1S/C13H17NO2/c1-3-5-9-14-10-11-7-6-8-12(13(11)15)16-4-2/h1,6-8,14-15H,4-5,9-10H2,2H3. The van der Waals surface area contributed by atoms with E-state index in [2.05, 4.69) is 11.2 Å². The molecule has 3 nitrogen and oxygen atoms in total. The fraction of sp³-hybridized carbons (Fsp3) is 0.385. The lowest BCUT2D eigenvalue weighted by molar-refractivity contribution is 0.316. The van der Waals surface area contributed by atoms with Gasteiger partial charge in [-0.1, -0.05) is 12.1 Å². The normalized spacial score (nSPS) is 9.75. The van der Waals surface area contributed by atoms with E-state index in [1.54, 1.807) is 6.07 Å². The van der Waals surface area contributed by atoms with Gasteiger partial charge in [0.1, 0.15) is 0 Å². The molecule has 0 aliphatic rings. The van der Waals surface area contributed by atoms with Crippen LogP contribution in [0.2, 0.25) is 0 Å². The quantitative estimate of drug-likeness (QED) is 0.567. The largest absolute Gasteiger partial charge is 0.504 e. The molecule has 0 aliphatic heterocycles. The number of hydrogen-bond acceptors (Lipinski definition) is 3. The van der Waals surface area contributed by atoms with Gasteiger partial charge in [0.05, 0.1) is 6.61 Å². The zero-order chi connectivity index (χ0) is 11.8. The second kappa shape index (κ2) is 6.76. The number of phenolic OH excluding ortho intramolecular Hbond substituents is 1. The summed E-state index contributed by atoms with van der Waals surface area (Å²) in [5.41, 5.74) is 0.822. The van der Waals surface area contributed by atoms with Gasteiger partial charge in [-0.3, -0.25) is 0 Å². The Morgan fingerprint density at radius 2 is 2.31 bits per heavy atom. The highest BCUT2D eigenvalue weighted by Gasteiger charge is 2.06. The van der Waals surface area contributed by atoms with Crippen LogP contribution in [0.5, 0.6) is 11.5 Å². The highest BCUT2D eigenvalue weighted by atomic mass is 16.5. The number of ether oxygens (including phenoxy) is 1. The average molecular weight is 219 g/mol. The molecule has 0 heterocycles. The van der Waals surface area contributed by atoms with Crippen LogP contribution < -0.4 is 10.1 Å². The van der Waals surface area contributed by atoms with Gasteiger partial charge in [-0.25, -0.2) is 0 Å². The second-order valence-electron chi connectivity index (χ2n) is 3.33. The minimum absolute atomic E-state index is 0.206. The summed E-state index contributed by atoms with van der Waals surface area (Å²) < 4.78 is 5.29. The highest BCUT2D eigenvalue weighted by Crippen LogP contribution is 2.29. The number of phenols is 1. The molecule has 86 valence electrons. The Labute approximate surface area is 96.4 Å². The number of benzene rings is 1. The van der Waals surface area contributed by atoms with Crippen LogP contribution in [0, 0.1) is 12.3 Å². The van der Waals surface area contributed by atoms with Crippen LogP contribution in [0.25, 0.3) is 0 Å². The smallest absolute Gasteiger partial charge is 0.162 e. The lowest BCUT2D eigenvalue weighted by Gasteiger charge is -2.10. The maximum absolute atomic E-state index is 9.87. The summed E-state index contributed by atoms with van der Waals surface area (Å²) >= 11 is 0. The molecular formula is C13H17NO2. The molecule has 1 aromatic rings. The van der Waals surface area contributed by atoms with Gasteiger partial charge in [0.15, 0.2) is 11.5 Å². The van der Waals surface area contributed by atoms with Gasteiger partial charge in [-0.05, 0) is 13.0 Å². The third-order valence-corrected chi connectivity index (χ3v) is 2.14. The molecule has 1 rings (SSSR count). The number of nitrogens with one attached hydrogen (secondary N) is 1. The van der Waals surface area contributed by atoms with Gasteiger partial charge in [-0.2, -0.15) is 0 Å². The Hall–Kier alpha value is -1.66. The Morgan fingerprint density at radius 3 is 3.00 bits per heavy atom. The summed E-state index contributed by atoms with van der Waals surface area (Å²) in [4.78, 5) is 0. The molecule has 0 radical (unpaired) electrons. The molecular weight excluding hydrogens is 202 g/mol. The minimum atomic E-state index is 0.206. The molecule has 0 saturated heterocycles. The molecule has 1 aromatic carbocycles. The molecule has 2 N–H and O–H groups in total. The van der Waals surface area contributed by atoms with Crippen molar-refractivity contribution >= 4 is 0 Å². The van der Waals surface area contributed by atoms with Crippen molar-refractivity contribution in [1.29, 1.82) is 0 Å². The third kappa shape index (κ3) is 3.48. The summed E-state index contributed by atoms with van der Waals surface area (Å²) in [5, 5.41) is 13.0. The van der Waals surface area contributed by atoms with Crippen molar-refractivity contribution in [3.8, 4) is 23.8 Å². The molecule has 0 saturated carbocycles. The molecule has 3 heteroatoms. The zero-order valence-electron chi connectivity index (χ0n) is 9.49. The highest BCUT2D eigenvalue weighted by molar-refractivity contribution is 5.45. The molecule has 0 aromatic heterocycles. The molecule has 16 heavy (non-hydrogen) atoms. The summed E-state index contributed by atoms with van der Waals surface area (Å²) in [5.74, 6) is 3.28. The van der Waals surface area contributed by atoms with E-state index in [1.165, 1.54) is 0 Å². The van der Waals surface area contributed by atoms with Crippen molar-refractivity contribution in [3.63, 3.8) is 0 Å². The Bertz CT molecular complexity index is 369. The van der Waals surface area contributed by atoms with Gasteiger partial charge in [0, 0.05) is 25.1 Å². The molecule has 0 fully saturated rings. The third-order valence-electron chi connectivity index (χ3n) is 2.14. The van der Waals surface area contributed by atoms with E-state index < -0.39 is 0 Å². The molecule has 0 atom stereocenters. The van der Waals surface area contributed by atoms with E-state index in [0.717, 1.165) is 12.1 Å². The fourth-order valence-electron chi connectivity index (χ4n) is 1.37. The predicted octanol–water partition coefficient (Wildman–Crippen LogP) is 1.90. The molecule has 0 amide bonds. The lowest BCUT2D eigenvalue weighted by atomic mass is 10.2. The van der Waals surface area contributed by atoms with Crippen LogP contribution in [0.15, 0.2) is 18.2 Å². The number of terminal acetylenes is 1. The van der Waals surface area contributed by atoms with Crippen molar-refractivity contribution in [2.75, 3.05) is 13.2 Å². The average Bonchev–Trinajstić information content (AvgIpc) is 2.29. The van der Waals surface area contributed by atoms with Crippen LogP contribution in [0.4, 0.5) is 0 Å². The van der Waals surface area contributed by atoms with Crippen molar-refractivity contribution in [2.45, 2.75) is 19.9 Å². The van der Waals surface area contributed by atoms with Gasteiger partial charge in [0.25, 0.3) is 0 Å². The summed E-state index contributed by atoms with van der Waals surface area (Å²) in [7, 11) is 0. The maximum Gasteiger partial charge on any atom is 0.162 e. The van der Waals surface area contributed by atoms with Gasteiger partial charge in [-0.15, -0.1) is 12.3 Å². The lowest BCUT2D eigenvalue weighted by Crippen LogP contribution is -2.14. The van der Waals surface area contributed by atoms with Crippen LogP contribution in [-0.2, 0) is 6.54 Å². The van der Waals surface area contributed by atoms with Crippen LogP contribution in [-0.4, -0.2) is 18.3 Å². The molecule has 0 unspecified atom stereocenters. The van der Waals surface area contributed by atoms with Crippen molar-refractivity contribution in [2.24, 2.45) is 0 Å². The van der Waals surface area contributed by atoms with Crippen molar-refractivity contribution in [3.05, 3.63) is 23.8 Å². The Kier molecular flexibility index (Phi) is 5.24. The first-order valence-electron chi connectivity index (χ1n) is 5.37. The van der Waals surface area contributed by atoms with Crippen LogP contribution in [0.3, 0.4) is 0 Å². The predicted molar refractivity (Wildman–Crippen MR) is 64.4 cm³/mol. The van der Waals surface area contributed by atoms with E-state index in [-0.39, 0.29) is 5.75 Å². The zero-order valence-corrected chi connectivity index (χ0v) is 9.49. The summed E-state index contributed by atoms with van der Waals surface area (Å²) in [6, 6.07) is 5.48. The van der Waals surface area contributed by atoms with Crippen molar-refractivity contribution < 1.29 is 9.84 Å². The van der Waals surface area contributed by atoms with E-state index >= 15 is 0 Å². The van der Waals surface area contributed by atoms with Gasteiger partial charge < -0.3 is 15.2 Å². The first-order chi connectivity index (χ1) is 7.79. The Morgan fingerprint density at radius 1 is 1.50 bits per heavy atom. The second-order valence-corrected chi connectivity index (χ2v) is 3.33. The van der Waals surface area contributed by atoms with Gasteiger partial charge in [0.2, 0.25) is 0 Å². The molecule has 0 spiro atoms. The number of aromatic hydroxyl groups is 1. The number of rotatable bonds is 6. The van der Waals surface area contributed by atoms with Gasteiger partial charge >= 0.3 is 0 Å². The summed E-state index contributed by atoms with van der Waals surface area (Å²) in [6.07, 6.45) is 5.83. The maximum atomic E-state index is 9.87. The van der Waals surface area contributed by atoms with E-state index in [9.17, 15) is 5.11 Å². The minimum Gasteiger partial charge on any atom is -0.504 e. The van der Waals surface area contributed by atoms with E-state index in [0.29, 0.717) is 25.3 Å². The SMILES string of the molecule is C#CCCNCc1cccc(OCC)c1O. The molecule has 0 aliphatic carbocycles. The van der Waals surface area contributed by atoms with E-state index in [1.807, 2.05) is 19.1 Å².